The lowest BCUT2D eigenvalue weighted by molar-refractivity contribution is 0.0938. The van der Waals surface area contributed by atoms with Gasteiger partial charge in [-0.25, -0.2) is 0 Å². The standard InChI is InChI=1S/C17H16Cl2INO3/c1-9(11-5-4-10(18)6-13(11)19)21-17(22)12-7-15(23-2)16(24-3)8-14(12)20/h4-9H,1-3H3,(H,21,22). The van der Waals surface area contributed by atoms with Crippen LogP contribution in [-0.2, 0) is 0 Å². The molecule has 2 rings (SSSR count). The van der Waals surface area contributed by atoms with Crippen LogP contribution in [-0.4, -0.2) is 20.1 Å². The summed E-state index contributed by atoms with van der Waals surface area (Å²) >= 11 is 14.2. The number of hydrogen-bond acceptors (Lipinski definition) is 3. The van der Waals surface area contributed by atoms with Gasteiger partial charge >= 0.3 is 0 Å². The lowest BCUT2D eigenvalue weighted by atomic mass is 10.1. The number of amides is 1. The summed E-state index contributed by atoms with van der Waals surface area (Å²) in [5.74, 6) is 0.853. The van der Waals surface area contributed by atoms with Crippen molar-refractivity contribution in [1.29, 1.82) is 0 Å². The molecule has 0 aliphatic carbocycles. The lowest BCUT2D eigenvalue weighted by Crippen LogP contribution is -2.27. The zero-order chi connectivity index (χ0) is 17.9. The molecule has 0 bridgehead atoms. The van der Waals surface area contributed by atoms with E-state index in [4.69, 9.17) is 32.7 Å². The Kier molecular flexibility index (Phi) is 6.60. The van der Waals surface area contributed by atoms with E-state index in [0.717, 1.165) is 9.13 Å². The number of benzene rings is 2. The first-order chi connectivity index (χ1) is 11.4. The molecule has 128 valence electrons. The minimum atomic E-state index is -0.272. The Hall–Kier alpha value is -1.18. The summed E-state index contributed by atoms with van der Waals surface area (Å²) < 4.78 is 11.3. The molecular weight excluding hydrogens is 464 g/mol. The first kappa shape index (κ1) is 19.1. The summed E-state index contributed by atoms with van der Waals surface area (Å²) in [4.78, 5) is 12.6. The van der Waals surface area contributed by atoms with E-state index >= 15 is 0 Å². The molecule has 0 fully saturated rings. The van der Waals surface area contributed by atoms with Gasteiger partial charge in [0.05, 0.1) is 25.8 Å². The molecule has 2 aromatic rings. The summed E-state index contributed by atoms with van der Waals surface area (Å²) in [6.45, 7) is 1.86. The van der Waals surface area contributed by atoms with Gasteiger partial charge in [0.2, 0.25) is 0 Å². The number of carbonyl (C=O) groups is 1. The maximum absolute atomic E-state index is 12.6. The van der Waals surface area contributed by atoms with Gasteiger partial charge in [-0.2, -0.15) is 0 Å². The van der Waals surface area contributed by atoms with Gasteiger partial charge < -0.3 is 14.8 Å². The molecule has 0 radical (unpaired) electrons. The first-order valence-electron chi connectivity index (χ1n) is 7.04. The molecule has 1 amide bonds. The van der Waals surface area contributed by atoms with Crippen molar-refractivity contribution in [2.75, 3.05) is 14.2 Å². The van der Waals surface area contributed by atoms with Gasteiger partial charge in [-0.1, -0.05) is 29.3 Å². The third-order valence-electron chi connectivity index (χ3n) is 3.49. The van der Waals surface area contributed by atoms with Crippen molar-refractivity contribution in [2.24, 2.45) is 0 Å². The van der Waals surface area contributed by atoms with Crippen LogP contribution in [0.3, 0.4) is 0 Å². The Labute approximate surface area is 164 Å². The Morgan fingerprint density at radius 1 is 1.12 bits per heavy atom. The Balaban J connectivity index is 2.26. The summed E-state index contributed by atoms with van der Waals surface area (Å²) in [7, 11) is 3.08. The molecule has 0 aliphatic rings. The van der Waals surface area contributed by atoms with E-state index < -0.39 is 0 Å². The fraction of sp³-hybridized carbons (Fsp3) is 0.235. The SMILES string of the molecule is COc1cc(I)c(C(=O)NC(C)c2ccc(Cl)cc2Cl)cc1OC. The second-order valence-electron chi connectivity index (χ2n) is 5.05. The maximum Gasteiger partial charge on any atom is 0.252 e. The Bertz CT molecular complexity index is 768. The predicted octanol–water partition coefficient (Wildman–Crippen LogP) is 5.11. The maximum atomic E-state index is 12.6. The van der Waals surface area contributed by atoms with Crippen LogP contribution in [0.4, 0.5) is 0 Å². The van der Waals surface area contributed by atoms with Gasteiger partial charge in [0.25, 0.3) is 5.91 Å². The molecule has 4 nitrogen and oxygen atoms in total. The smallest absolute Gasteiger partial charge is 0.252 e. The third kappa shape index (κ3) is 4.26. The van der Waals surface area contributed by atoms with Crippen molar-refractivity contribution in [2.45, 2.75) is 13.0 Å². The van der Waals surface area contributed by atoms with Gasteiger partial charge in [-0.05, 0) is 59.3 Å². The summed E-state index contributed by atoms with van der Waals surface area (Å²) in [6, 6.07) is 8.34. The van der Waals surface area contributed by atoms with Gasteiger partial charge in [0, 0.05) is 13.6 Å². The topological polar surface area (TPSA) is 47.6 Å². The van der Waals surface area contributed by atoms with Gasteiger partial charge in [0.15, 0.2) is 11.5 Å². The molecule has 1 unspecified atom stereocenters. The van der Waals surface area contributed by atoms with Crippen molar-refractivity contribution in [3.63, 3.8) is 0 Å². The van der Waals surface area contributed by atoms with Crippen molar-refractivity contribution >= 4 is 51.7 Å². The fourth-order valence-corrected chi connectivity index (χ4v) is 3.49. The average Bonchev–Trinajstić information content (AvgIpc) is 2.54. The lowest BCUT2D eigenvalue weighted by Gasteiger charge is -2.17. The van der Waals surface area contributed by atoms with Gasteiger partial charge in [0.1, 0.15) is 0 Å². The summed E-state index contributed by atoms with van der Waals surface area (Å²) in [6.07, 6.45) is 0. The number of halogens is 3. The molecule has 1 atom stereocenters. The molecule has 24 heavy (non-hydrogen) atoms. The highest BCUT2D eigenvalue weighted by molar-refractivity contribution is 14.1. The Morgan fingerprint density at radius 3 is 2.33 bits per heavy atom. The van der Waals surface area contributed by atoms with Crippen LogP contribution in [0.5, 0.6) is 11.5 Å². The van der Waals surface area contributed by atoms with Crippen molar-refractivity contribution < 1.29 is 14.3 Å². The third-order valence-corrected chi connectivity index (χ3v) is 4.95. The molecule has 7 heteroatoms. The fourth-order valence-electron chi connectivity index (χ4n) is 2.23. The molecule has 0 heterocycles. The summed E-state index contributed by atoms with van der Waals surface area (Å²) in [5.41, 5.74) is 1.30. The minimum Gasteiger partial charge on any atom is -0.493 e. The number of carbonyl (C=O) groups excluding carboxylic acids is 1. The highest BCUT2D eigenvalue weighted by atomic mass is 127. The van der Waals surface area contributed by atoms with E-state index in [9.17, 15) is 4.79 Å². The van der Waals surface area contributed by atoms with E-state index in [1.54, 1.807) is 37.4 Å². The molecule has 0 spiro atoms. The van der Waals surface area contributed by atoms with Crippen molar-refractivity contribution in [1.82, 2.24) is 5.32 Å². The van der Waals surface area contributed by atoms with Crippen molar-refractivity contribution in [3.05, 3.63) is 55.1 Å². The second-order valence-corrected chi connectivity index (χ2v) is 7.05. The molecule has 0 aromatic heterocycles. The van der Waals surface area contributed by atoms with E-state index in [0.29, 0.717) is 27.1 Å². The van der Waals surface area contributed by atoms with E-state index in [2.05, 4.69) is 27.9 Å². The molecule has 2 aromatic carbocycles. The molecule has 0 saturated carbocycles. The Morgan fingerprint density at radius 2 is 1.75 bits per heavy atom. The van der Waals surface area contributed by atoms with Crippen LogP contribution in [0.15, 0.2) is 30.3 Å². The number of nitrogens with one attached hydrogen (secondary N) is 1. The van der Waals surface area contributed by atoms with E-state index in [1.165, 1.54) is 7.11 Å². The highest BCUT2D eigenvalue weighted by Crippen LogP contribution is 2.32. The number of hydrogen-bond donors (Lipinski definition) is 1. The van der Waals surface area contributed by atoms with Crippen LogP contribution in [0.1, 0.15) is 28.9 Å². The van der Waals surface area contributed by atoms with Crippen LogP contribution in [0, 0.1) is 3.57 Å². The monoisotopic (exact) mass is 479 g/mol. The van der Waals surface area contributed by atoms with Gasteiger partial charge in [-0.3, -0.25) is 4.79 Å². The molecule has 0 saturated heterocycles. The molecule has 0 aliphatic heterocycles. The molecular formula is C17H16Cl2INO3. The molecule has 1 N–H and O–H groups in total. The highest BCUT2D eigenvalue weighted by Gasteiger charge is 2.19. The largest absolute Gasteiger partial charge is 0.493 e. The quantitative estimate of drug-likeness (QED) is 0.606. The number of rotatable bonds is 5. The van der Waals surface area contributed by atoms with Gasteiger partial charge in [-0.15, -0.1) is 0 Å². The van der Waals surface area contributed by atoms with Crippen molar-refractivity contribution in [3.8, 4) is 11.5 Å². The van der Waals surface area contributed by atoms with Crippen LogP contribution in [0.2, 0.25) is 10.0 Å². The second kappa shape index (κ2) is 8.27. The first-order valence-corrected chi connectivity index (χ1v) is 8.88. The zero-order valence-corrected chi connectivity index (χ0v) is 17.0. The average molecular weight is 480 g/mol. The normalized spacial score (nSPS) is 11.8. The minimum absolute atomic E-state index is 0.223. The number of methoxy groups -OCH3 is 2. The van der Waals surface area contributed by atoms with Crippen LogP contribution >= 0.6 is 45.8 Å². The summed E-state index contributed by atoms with van der Waals surface area (Å²) in [5, 5.41) is 4.00. The number of ether oxygens (including phenoxy) is 2. The van der Waals surface area contributed by atoms with E-state index in [1.807, 2.05) is 6.92 Å². The predicted molar refractivity (Wildman–Crippen MR) is 105 cm³/mol. The zero-order valence-electron chi connectivity index (χ0n) is 13.3. The van der Waals surface area contributed by atoms with Crippen LogP contribution < -0.4 is 14.8 Å². The van der Waals surface area contributed by atoms with E-state index in [-0.39, 0.29) is 11.9 Å². The van der Waals surface area contributed by atoms with Crippen LogP contribution in [0.25, 0.3) is 0 Å².